The highest BCUT2D eigenvalue weighted by atomic mass is 16.3. The van der Waals surface area contributed by atoms with E-state index < -0.39 is 0 Å². The predicted molar refractivity (Wildman–Crippen MR) is 79.0 cm³/mol. The largest absolute Gasteiger partial charge is 0.395 e. The summed E-state index contributed by atoms with van der Waals surface area (Å²) < 4.78 is 0. The van der Waals surface area contributed by atoms with E-state index in [4.69, 9.17) is 0 Å². The summed E-state index contributed by atoms with van der Waals surface area (Å²) in [7, 11) is 0. The predicted octanol–water partition coefficient (Wildman–Crippen LogP) is 2.01. The Morgan fingerprint density at radius 1 is 1.37 bits per heavy atom. The molecule has 0 radical (unpaired) electrons. The van der Waals surface area contributed by atoms with Crippen molar-refractivity contribution in [1.29, 1.82) is 0 Å². The first-order chi connectivity index (χ1) is 9.31. The van der Waals surface area contributed by atoms with Gasteiger partial charge in [-0.3, -0.25) is 4.90 Å². The molecular formula is C16H26N2O. The fourth-order valence-corrected chi connectivity index (χ4v) is 2.81. The van der Waals surface area contributed by atoms with Gasteiger partial charge in [0.2, 0.25) is 0 Å². The third-order valence-electron chi connectivity index (χ3n) is 3.94. The van der Waals surface area contributed by atoms with Gasteiger partial charge < -0.3 is 10.4 Å². The Labute approximate surface area is 116 Å². The molecule has 0 aliphatic carbocycles. The van der Waals surface area contributed by atoms with E-state index in [0.717, 1.165) is 19.5 Å². The van der Waals surface area contributed by atoms with E-state index in [0.29, 0.717) is 6.04 Å². The zero-order valence-electron chi connectivity index (χ0n) is 11.9. The van der Waals surface area contributed by atoms with E-state index in [1.165, 1.54) is 24.9 Å². The fraction of sp³-hybridized carbons (Fsp3) is 0.625. The van der Waals surface area contributed by atoms with Gasteiger partial charge in [-0.1, -0.05) is 37.3 Å². The maximum atomic E-state index is 9.28. The maximum absolute atomic E-state index is 9.28. The molecule has 1 aromatic rings. The Kier molecular flexibility index (Phi) is 5.83. The van der Waals surface area contributed by atoms with Gasteiger partial charge in [0.25, 0.3) is 0 Å². The van der Waals surface area contributed by atoms with Crippen molar-refractivity contribution in [1.82, 2.24) is 10.2 Å². The summed E-state index contributed by atoms with van der Waals surface area (Å²) in [5.74, 6) is 0. The number of aliphatic hydroxyl groups is 1. The Morgan fingerprint density at radius 3 is 2.84 bits per heavy atom. The van der Waals surface area contributed by atoms with E-state index in [1.807, 2.05) is 0 Å². The van der Waals surface area contributed by atoms with Gasteiger partial charge in [0.05, 0.1) is 6.61 Å². The van der Waals surface area contributed by atoms with Crippen molar-refractivity contribution in [2.24, 2.45) is 0 Å². The summed E-state index contributed by atoms with van der Waals surface area (Å²) in [5.41, 5.74) is 1.39. The van der Waals surface area contributed by atoms with Crippen LogP contribution in [-0.2, 0) is 6.54 Å². The Morgan fingerprint density at radius 2 is 2.16 bits per heavy atom. The molecule has 1 heterocycles. The maximum Gasteiger partial charge on any atom is 0.0584 e. The normalized spacial score (nSPS) is 22.3. The molecule has 2 rings (SSSR count). The molecule has 0 saturated carbocycles. The molecule has 1 aliphatic rings. The van der Waals surface area contributed by atoms with Crippen LogP contribution in [0.1, 0.15) is 31.7 Å². The van der Waals surface area contributed by atoms with Crippen LogP contribution in [0.5, 0.6) is 0 Å². The molecule has 3 heteroatoms. The van der Waals surface area contributed by atoms with Crippen molar-refractivity contribution in [2.75, 3.05) is 19.7 Å². The lowest BCUT2D eigenvalue weighted by atomic mass is 10.0. The number of rotatable bonds is 6. The molecule has 1 aliphatic heterocycles. The highest BCUT2D eigenvalue weighted by Crippen LogP contribution is 2.14. The Balaban J connectivity index is 1.83. The second-order valence-electron chi connectivity index (χ2n) is 5.51. The molecule has 19 heavy (non-hydrogen) atoms. The smallest absolute Gasteiger partial charge is 0.0584 e. The lowest BCUT2D eigenvalue weighted by Gasteiger charge is -2.35. The summed E-state index contributed by atoms with van der Waals surface area (Å²) in [6, 6.07) is 11.4. The number of likely N-dealkylation sites (tertiary alicyclic amines) is 1. The topological polar surface area (TPSA) is 35.5 Å². The van der Waals surface area contributed by atoms with E-state index in [9.17, 15) is 5.11 Å². The van der Waals surface area contributed by atoms with Crippen LogP contribution in [-0.4, -0.2) is 41.8 Å². The minimum absolute atomic E-state index is 0.242. The third kappa shape index (κ3) is 4.60. The van der Waals surface area contributed by atoms with Crippen molar-refractivity contribution < 1.29 is 5.11 Å². The van der Waals surface area contributed by atoms with Crippen LogP contribution >= 0.6 is 0 Å². The van der Waals surface area contributed by atoms with Gasteiger partial charge >= 0.3 is 0 Å². The minimum atomic E-state index is 0.242. The number of piperidine rings is 1. The van der Waals surface area contributed by atoms with Crippen molar-refractivity contribution in [3.63, 3.8) is 0 Å². The number of hydrogen-bond acceptors (Lipinski definition) is 3. The first-order valence-corrected chi connectivity index (χ1v) is 7.45. The van der Waals surface area contributed by atoms with Crippen molar-refractivity contribution in [3.8, 4) is 0 Å². The molecular weight excluding hydrogens is 236 g/mol. The molecule has 106 valence electrons. The van der Waals surface area contributed by atoms with Crippen molar-refractivity contribution in [2.45, 2.75) is 44.8 Å². The van der Waals surface area contributed by atoms with Crippen LogP contribution < -0.4 is 5.32 Å². The first kappa shape index (κ1) is 14.5. The van der Waals surface area contributed by atoms with Gasteiger partial charge in [0.1, 0.15) is 0 Å². The summed E-state index contributed by atoms with van der Waals surface area (Å²) in [6.07, 6.45) is 3.46. The molecule has 0 amide bonds. The Hall–Kier alpha value is -0.900. The number of nitrogens with zero attached hydrogens (tertiary/aromatic N) is 1. The molecule has 1 aromatic carbocycles. The first-order valence-electron chi connectivity index (χ1n) is 7.45. The fourth-order valence-electron chi connectivity index (χ4n) is 2.81. The summed E-state index contributed by atoms with van der Waals surface area (Å²) in [5, 5.41) is 12.9. The lowest BCUT2D eigenvalue weighted by molar-refractivity contribution is 0.157. The van der Waals surface area contributed by atoms with Gasteiger partial charge in [-0.2, -0.15) is 0 Å². The quantitative estimate of drug-likeness (QED) is 0.823. The third-order valence-corrected chi connectivity index (χ3v) is 3.94. The van der Waals surface area contributed by atoms with Crippen LogP contribution in [0.4, 0.5) is 0 Å². The number of nitrogens with one attached hydrogen (secondary N) is 1. The van der Waals surface area contributed by atoms with Crippen LogP contribution in [0, 0.1) is 0 Å². The van der Waals surface area contributed by atoms with Gasteiger partial charge in [0, 0.05) is 25.2 Å². The van der Waals surface area contributed by atoms with Crippen LogP contribution in [0.2, 0.25) is 0 Å². The average Bonchev–Trinajstić information content (AvgIpc) is 2.46. The summed E-state index contributed by atoms with van der Waals surface area (Å²) in [4.78, 5) is 2.51. The SMILES string of the molecule is CC[C@H](CO)NC1CCCN(Cc2ccccc2)C1. The standard InChI is InChI=1S/C16H26N2O/c1-2-15(13-19)17-16-9-6-10-18(12-16)11-14-7-4-3-5-8-14/h3-5,7-8,15-17,19H,2,6,9-13H2,1H3/t15-,16?/m1/s1. The molecule has 0 bridgehead atoms. The summed E-state index contributed by atoms with van der Waals surface area (Å²) in [6.45, 7) is 5.67. The monoisotopic (exact) mass is 262 g/mol. The highest BCUT2D eigenvalue weighted by Gasteiger charge is 2.21. The van der Waals surface area contributed by atoms with Crippen LogP contribution in [0.15, 0.2) is 30.3 Å². The van der Waals surface area contributed by atoms with Gasteiger partial charge in [0.15, 0.2) is 0 Å². The average molecular weight is 262 g/mol. The van der Waals surface area contributed by atoms with E-state index in [2.05, 4.69) is 47.5 Å². The molecule has 0 spiro atoms. The summed E-state index contributed by atoms with van der Waals surface area (Å²) >= 11 is 0. The molecule has 1 saturated heterocycles. The second-order valence-corrected chi connectivity index (χ2v) is 5.51. The number of hydrogen-bond donors (Lipinski definition) is 2. The highest BCUT2D eigenvalue weighted by molar-refractivity contribution is 5.14. The Bertz CT molecular complexity index is 351. The zero-order chi connectivity index (χ0) is 13.5. The van der Waals surface area contributed by atoms with Gasteiger partial charge in [-0.05, 0) is 31.4 Å². The molecule has 2 atom stereocenters. The van der Waals surface area contributed by atoms with Crippen molar-refractivity contribution >= 4 is 0 Å². The van der Waals surface area contributed by atoms with Crippen LogP contribution in [0.25, 0.3) is 0 Å². The van der Waals surface area contributed by atoms with E-state index in [-0.39, 0.29) is 12.6 Å². The van der Waals surface area contributed by atoms with Crippen LogP contribution in [0.3, 0.4) is 0 Å². The molecule has 2 N–H and O–H groups in total. The van der Waals surface area contributed by atoms with Gasteiger partial charge in [-0.25, -0.2) is 0 Å². The molecule has 3 nitrogen and oxygen atoms in total. The minimum Gasteiger partial charge on any atom is -0.395 e. The zero-order valence-corrected chi connectivity index (χ0v) is 11.9. The van der Waals surface area contributed by atoms with E-state index >= 15 is 0 Å². The molecule has 1 fully saturated rings. The second kappa shape index (κ2) is 7.63. The lowest BCUT2D eigenvalue weighted by Crippen LogP contribution is -2.49. The number of aliphatic hydroxyl groups excluding tert-OH is 1. The van der Waals surface area contributed by atoms with Gasteiger partial charge in [-0.15, -0.1) is 0 Å². The van der Waals surface area contributed by atoms with E-state index in [1.54, 1.807) is 0 Å². The number of benzene rings is 1. The molecule has 0 aromatic heterocycles. The molecule has 1 unspecified atom stereocenters. The van der Waals surface area contributed by atoms with Crippen molar-refractivity contribution in [3.05, 3.63) is 35.9 Å².